The van der Waals surface area contributed by atoms with Crippen LogP contribution in [0.25, 0.3) is 10.8 Å². The topological polar surface area (TPSA) is 18.5 Å². The van der Waals surface area contributed by atoms with Crippen molar-refractivity contribution in [1.82, 2.24) is 0 Å². The monoisotopic (exact) mass is 426 g/mol. The van der Waals surface area contributed by atoms with Crippen molar-refractivity contribution in [1.29, 1.82) is 0 Å². The highest BCUT2D eigenvalue weighted by molar-refractivity contribution is 9.09. The fourth-order valence-corrected chi connectivity index (χ4v) is 3.49. The Kier molecular flexibility index (Phi) is 8.91. The summed E-state index contributed by atoms with van der Waals surface area (Å²) in [6.45, 7) is 4.74. The SMILES string of the molecule is CC(C)Oc1c(Cl)cc(OCCCCCCCCBr)c2ccccc12. The molecule has 0 saturated heterocycles. The Balaban J connectivity index is 1.97. The van der Waals surface area contributed by atoms with Gasteiger partial charge in [0.05, 0.1) is 17.7 Å². The van der Waals surface area contributed by atoms with Gasteiger partial charge in [0.2, 0.25) is 0 Å². The van der Waals surface area contributed by atoms with Crippen LogP contribution in [0.3, 0.4) is 0 Å². The Bertz CT molecular complexity index is 658. The standard InChI is InChI=1S/C21H28BrClO2/c1-16(2)25-21-18-12-8-7-11-17(18)20(15-19(21)23)24-14-10-6-4-3-5-9-13-22/h7-8,11-12,15-16H,3-6,9-10,13-14H2,1-2H3. The summed E-state index contributed by atoms with van der Waals surface area (Å²) in [4.78, 5) is 0. The number of alkyl halides is 1. The van der Waals surface area contributed by atoms with Gasteiger partial charge in [-0.1, -0.05) is 77.5 Å². The van der Waals surface area contributed by atoms with Crippen LogP contribution in [0.2, 0.25) is 5.02 Å². The van der Waals surface area contributed by atoms with E-state index in [-0.39, 0.29) is 6.10 Å². The van der Waals surface area contributed by atoms with Gasteiger partial charge in [-0.05, 0) is 26.7 Å². The molecular formula is C21H28BrClO2. The van der Waals surface area contributed by atoms with Gasteiger partial charge in [-0.25, -0.2) is 0 Å². The summed E-state index contributed by atoms with van der Waals surface area (Å²) in [5, 5.41) is 3.78. The molecule has 2 rings (SSSR count). The number of benzene rings is 2. The van der Waals surface area contributed by atoms with Crippen molar-refractivity contribution >= 4 is 38.3 Å². The van der Waals surface area contributed by atoms with E-state index in [1.165, 1.54) is 32.1 Å². The minimum atomic E-state index is 0.0808. The zero-order valence-corrected chi connectivity index (χ0v) is 17.5. The summed E-state index contributed by atoms with van der Waals surface area (Å²) in [5.41, 5.74) is 0. The van der Waals surface area contributed by atoms with Crippen LogP contribution in [-0.4, -0.2) is 18.0 Å². The first-order valence-corrected chi connectivity index (χ1v) is 10.7. The fourth-order valence-electron chi connectivity index (χ4n) is 2.84. The molecule has 0 saturated carbocycles. The van der Waals surface area contributed by atoms with E-state index >= 15 is 0 Å². The maximum atomic E-state index is 6.45. The first-order valence-electron chi connectivity index (χ1n) is 9.20. The molecule has 0 unspecified atom stereocenters. The van der Waals surface area contributed by atoms with Crippen molar-refractivity contribution in [2.24, 2.45) is 0 Å². The number of unbranched alkanes of at least 4 members (excludes halogenated alkanes) is 5. The Morgan fingerprint density at radius 1 is 0.960 bits per heavy atom. The zero-order chi connectivity index (χ0) is 18.1. The van der Waals surface area contributed by atoms with E-state index in [1.807, 2.05) is 38.1 Å². The molecule has 0 bridgehead atoms. The summed E-state index contributed by atoms with van der Waals surface area (Å²) in [6, 6.07) is 10.0. The highest BCUT2D eigenvalue weighted by Gasteiger charge is 2.14. The Morgan fingerprint density at radius 2 is 1.60 bits per heavy atom. The number of ether oxygens (including phenoxy) is 2. The lowest BCUT2D eigenvalue weighted by molar-refractivity contribution is 0.245. The third-order valence-electron chi connectivity index (χ3n) is 4.05. The van der Waals surface area contributed by atoms with E-state index in [4.69, 9.17) is 21.1 Å². The molecule has 0 aliphatic heterocycles. The average molecular weight is 428 g/mol. The molecular weight excluding hydrogens is 400 g/mol. The molecule has 138 valence electrons. The number of rotatable bonds is 11. The molecule has 0 radical (unpaired) electrons. The number of hydrogen-bond acceptors (Lipinski definition) is 2. The molecule has 0 aliphatic carbocycles. The molecule has 25 heavy (non-hydrogen) atoms. The maximum Gasteiger partial charge on any atom is 0.146 e. The van der Waals surface area contributed by atoms with Gasteiger partial charge in [0.1, 0.15) is 11.5 Å². The average Bonchev–Trinajstić information content (AvgIpc) is 2.60. The van der Waals surface area contributed by atoms with E-state index in [1.54, 1.807) is 0 Å². The van der Waals surface area contributed by atoms with Gasteiger partial charge >= 0.3 is 0 Å². The van der Waals surface area contributed by atoms with Crippen LogP contribution in [0.15, 0.2) is 30.3 Å². The van der Waals surface area contributed by atoms with E-state index in [9.17, 15) is 0 Å². The lowest BCUT2D eigenvalue weighted by Crippen LogP contribution is -2.07. The lowest BCUT2D eigenvalue weighted by atomic mass is 10.1. The first kappa shape index (κ1) is 20.4. The van der Waals surface area contributed by atoms with Crippen LogP contribution >= 0.6 is 27.5 Å². The first-order chi connectivity index (χ1) is 12.1. The Hall–Kier alpha value is -0.930. The van der Waals surface area contributed by atoms with Gasteiger partial charge in [-0.3, -0.25) is 0 Å². The summed E-state index contributed by atoms with van der Waals surface area (Å²) >= 11 is 9.93. The van der Waals surface area contributed by atoms with Crippen molar-refractivity contribution in [3.8, 4) is 11.5 Å². The third kappa shape index (κ3) is 6.38. The van der Waals surface area contributed by atoms with Gasteiger partial charge in [-0.2, -0.15) is 0 Å². The van der Waals surface area contributed by atoms with E-state index in [2.05, 4.69) is 22.0 Å². The Morgan fingerprint density at radius 3 is 2.28 bits per heavy atom. The second kappa shape index (κ2) is 10.9. The summed E-state index contributed by atoms with van der Waals surface area (Å²) < 4.78 is 12.0. The molecule has 0 atom stereocenters. The molecule has 4 heteroatoms. The molecule has 2 nitrogen and oxygen atoms in total. The van der Waals surface area contributed by atoms with Gasteiger partial charge in [0.15, 0.2) is 0 Å². The predicted octanol–water partition coefficient (Wildman–Crippen LogP) is 7.39. The molecule has 0 aromatic heterocycles. The van der Waals surface area contributed by atoms with Crippen molar-refractivity contribution in [2.45, 2.75) is 58.5 Å². The zero-order valence-electron chi connectivity index (χ0n) is 15.2. The lowest BCUT2D eigenvalue weighted by Gasteiger charge is -2.17. The number of hydrogen-bond donors (Lipinski definition) is 0. The Labute approximate surface area is 165 Å². The summed E-state index contributed by atoms with van der Waals surface area (Å²) in [5.74, 6) is 1.59. The highest BCUT2D eigenvalue weighted by Crippen LogP contribution is 2.40. The summed E-state index contributed by atoms with van der Waals surface area (Å²) in [7, 11) is 0. The maximum absolute atomic E-state index is 6.45. The van der Waals surface area contributed by atoms with Gasteiger partial charge in [-0.15, -0.1) is 0 Å². The minimum absolute atomic E-state index is 0.0808. The van der Waals surface area contributed by atoms with Crippen molar-refractivity contribution in [2.75, 3.05) is 11.9 Å². The van der Waals surface area contributed by atoms with Crippen LogP contribution in [0.5, 0.6) is 11.5 Å². The fraction of sp³-hybridized carbons (Fsp3) is 0.524. The van der Waals surface area contributed by atoms with Crippen LogP contribution in [-0.2, 0) is 0 Å². The van der Waals surface area contributed by atoms with Gasteiger partial charge in [0, 0.05) is 22.2 Å². The minimum Gasteiger partial charge on any atom is -0.493 e. The normalized spacial score (nSPS) is 11.2. The molecule has 0 heterocycles. The second-order valence-electron chi connectivity index (χ2n) is 6.56. The molecule has 0 spiro atoms. The van der Waals surface area contributed by atoms with Crippen molar-refractivity contribution in [3.05, 3.63) is 35.4 Å². The summed E-state index contributed by atoms with van der Waals surface area (Å²) in [6.07, 6.45) is 7.53. The molecule has 0 amide bonds. The third-order valence-corrected chi connectivity index (χ3v) is 4.89. The highest BCUT2D eigenvalue weighted by atomic mass is 79.9. The van der Waals surface area contributed by atoms with Crippen LogP contribution < -0.4 is 9.47 Å². The number of fused-ring (bicyclic) bond motifs is 1. The van der Waals surface area contributed by atoms with Gasteiger partial charge in [0.25, 0.3) is 0 Å². The van der Waals surface area contributed by atoms with Gasteiger partial charge < -0.3 is 9.47 Å². The van der Waals surface area contributed by atoms with Crippen LogP contribution in [0.1, 0.15) is 52.4 Å². The number of halogens is 2. The predicted molar refractivity (Wildman–Crippen MR) is 112 cm³/mol. The van der Waals surface area contributed by atoms with E-state index < -0.39 is 0 Å². The smallest absolute Gasteiger partial charge is 0.146 e. The molecule has 2 aromatic carbocycles. The van der Waals surface area contributed by atoms with E-state index in [0.29, 0.717) is 5.02 Å². The van der Waals surface area contributed by atoms with Crippen molar-refractivity contribution < 1.29 is 9.47 Å². The van der Waals surface area contributed by atoms with Crippen LogP contribution in [0.4, 0.5) is 0 Å². The molecule has 2 aromatic rings. The molecule has 0 N–H and O–H groups in total. The second-order valence-corrected chi connectivity index (χ2v) is 7.76. The van der Waals surface area contributed by atoms with E-state index in [0.717, 1.165) is 40.6 Å². The molecule has 0 fully saturated rings. The molecule has 0 aliphatic rings. The van der Waals surface area contributed by atoms with Crippen molar-refractivity contribution in [3.63, 3.8) is 0 Å². The quantitative estimate of drug-likeness (QED) is 0.275. The largest absolute Gasteiger partial charge is 0.493 e. The van der Waals surface area contributed by atoms with Crippen LogP contribution in [0, 0.1) is 0 Å².